The number of nitrogens with one attached hydrogen (secondary N) is 2. The number of aromatic nitrogens is 5. The zero-order chi connectivity index (χ0) is 28.3. The van der Waals surface area contributed by atoms with Crippen molar-refractivity contribution in [2.45, 2.75) is 19.2 Å². The molecule has 3 aromatic heterocycles. The number of amides is 2. The quantitative estimate of drug-likeness (QED) is 0.253. The van der Waals surface area contributed by atoms with Gasteiger partial charge in [-0.1, -0.05) is 11.3 Å². The van der Waals surface area contributed by atoms with Crippen molar-refractivity contribution >= 4 is 23.5 Å². The van der Waals surface area contributed by atoms with Gasteiger partial charge in [0.2, 0.25) is 5.95 Å². The summed E-state index contributed by atoms with van der Waals surface area (Å²) in [4.78, 5) is 32.3. The lowest BCUT2D eigenvalue weighted by Gasteiger charge is -2.15. The van der Waals surface area contributed by atoms with Crippen molar-refractivity contribution in [2.24, 2.45) is 7.05 Å². The normalized spacial score (nSPS) is 12.1. The van der Waals surface area contributed by atoms with E-state index in [0.29, 0.717) is 6.20 Å². The number of anilines is 2. The molecule has 0 fully saturated rings. The molecule has 0 spiro atoms. The number of carbonyl (C=O) groups is 2. The lowest BCUT2D eigenvalue weighted by molar-refractivity contribution is -0.137. The van der Waals surface area contributed by atoms with Gasteiger partial charge in [-0.3, -0.25) is 15.1 Å². The van der Waals surface area contributed by atoms with Crippen LogP contribution in [0.15, 0.2) is 54.9 Å². The van der Waals surface area contributed by atoms with E-state index in [9.17, 15) is 31.5 Å². The first-order valence-corrected chi connectivity index (χ1v) is 11.1. The molecule has 2 amide bonds. The molecule has 0 saturated carbocycles. The van der Waals surface area contributed by atoms with E-state index in [4.69, 9.17) is 4.74 Å². The average Bonchev–Trinajstić information content (AvgIpc) is 3.24. The number of pyridine rings is 2. The summed E-state index contributed by atoms with van der Waals surface area (Å²) in [6, 6.07) is 7.75. The number of alkyl halides is 3. The molecule has 0 aliphatic heterocycles. The predicted molar refractivity (Wildman–Crippen MR) is 126 cm³/mol. The first-order valence-electron chi connectivity index (χ1n) is 11.1. The SMILES string of the molecule is C[C@@H](OC(=O)Nc1c(-c2ccc(C(=O)Nc3cccc(C(F)(F)F)c3)cn2)nnn1C)c1cc(F)cnc1F. The van der Waals surface area contributed by atoms with Gasteiger partial charge >= 0.3 is 12.3 Å². The summed E-state index contributed by atoms with van der Waals surface area (Å²) in [6.07, 6.45) is -4.94. The van der Waals surface area contributed by atoms with Crippen molar-refractivity contribution < 1.29 is 36.3 Å². The van der Waals surface area contributed by atoms with Crippen LogP contribution in [0, 0.1) is 11.8 Å². The Morgan fingerprint density at radius 1 is 1.03 bits per heavy atom. The molecule has 3 heterocycles. The number of hydrogen-bond acceptors (Lipinski definition) is 7. The second-order valence-corrected chi connectivity index (χ2v) is 8.08. The Hall–Kier alpha value is -4.95. The number of rotatable bonds is 6. The van der Waals surface area contributed by atoms with E-state index in [0.717, 1.165) is 24.4 Å². The van der Waals surface area contributed by atoms with Crippen LogP contribution < -0.4 is 10.6 Å². The van der Waals surface area contributed by atoms with Crippen LogP contribution in [0.5, 0.6) is 0 Å². The van der Waals surface area contributed by atoms with Gasteiger partial charge in [0.05, 0.1) is 28.6 Å². The van der Waals surface area contributed by atoms with Crippen molar-refractivity contribution in [3.63, 3.8) is 0 Å². The van der Waals surface area contributed by atoms with Crippen LogP contribution in [-0.4, -0.2) is 37.0 Å². The van der Waals surface area contributed by atoms with Crippen LogP contribution in [0.2, 0.25) is 0 Å². The number of nitrogens with zero attached hydrogens (tertiary/aromatic N) is 5. The van der Waals surface area contributed by atoms with E-state index in [2.05, 4.69) is 30.9 Å². The second-order valence-electron chi connectivity index (χ2n) is 8.08. The van der Waals surface area contributed by atoms with E-state index in [1.54, 1.807) is 0 Å². The topological polar surface area (TPSA) is 124 Å². The van der Waals surface area contributed by atoms with Gasteiger partial charge in [-0.15, -0.1) is 5.10 Å². The Bertz CT molecular complexity index is 1520. The summed E-state index contributed by atoms with van der Waals surface area (Å²) >= 11 is 0. The monoisotopic (exact) mass is 547 g/mol. The highest BCUT2D eigenvalue weighted by atomic mass is 19.4. The lowest BCUT2D eigenvalue weighted by Crippen LogP contribution is -2.19. The van der Waals surface area contributed by atoms with Crippen molar-refractivity contribution in [3.8, 4) is 11.4 Å². The molecule has 10 nitrogen and oxygen atoms in total. The van der Waals surface area contributed by atoms with Crippen molar-refractivity contribution in [1.82, 2.24) is 25.0 Å². The van der Waals surface area contributed by atoms with E-state index in [1.165, 1.54) is 42.9 Å². The summed E-state index contributed by atoms with van der Waals surface area (Å²) in [5.74, 6) is -2.47. The zero-order valence-electron chi connectivity index (χ0n) is 20.1. The molecule has 1 aromatic carbocycles. The van der Waals surface area contributed by atoms with Gasteiger partial charge in [0.1, 0.15) is 11.9 Å². The molecule has 0 aliphatic carbocycles. The minimum atomic E-state index is -4.57. The predicted octanol–water partition coefficient (Wildman–Crippen LogP) is 5.13. The van der Waals surface area contributed by atoms with Crippen molar-refractivity contribution in [2.75, 3.05) is 10.6 Å². The smallest absolute Gasteiger partial charge is 0.416 e. The van der Waals surface area contributed by atoms with Crippen LogP contribution in [-0.2, 0) is 18.0 Å². The maximum atomic E-state index is 13.9. The van der Waals surface area contributed by atoms with Gasteiger partial charge in [-0.05, 0) is 43.3 Å². The summed E-state index contributed by atoms with van der Waals surface area (Å²) in [5.41, 5.74) is -0.932. The minimum absolute atomic E-state index is 0.0357. The van der Waals surface area contributed by atoms with Crippen LogP contribution in [0.3, 0.4) is 0 Å². The summed E-state index contributed by atoms with van der Waals surface area (Å²) in [7, 11) is 1.46. The Morgan fingerprint density at radius 3 is 2.49 bits per heavy atom. The molecule has 0 saturated heterocycles. The molecule has 1 atom stereocenters. The fourth-order valence-electron chi connectivity index (χ4n) is 3.39. The molecular formula is C24H18F5N7O3. The fourth-order valence-corrected chi connectivity index (χ4v) is 3.39. The van der Waals surface area contributed by atoms with Gasteiger partial charge < -0.3 is 10.1 Å². The number of aryl methyl sites for hydroxylation is 1. The Labute approximate surface area is 216 Å². The molecule has 0 aliphatic rings. The average molecular weight is 547 g/mol. The highest BCUT2D eigenvalue weighted by Gasteiger charge is 2.30. The number of ether oxygens (including phenoxy) is 1. The molecule has 0 radical (unpaired) electrons. The molecule has 4 aromatic rings. The maximum Gasteiger partial charge on any atom is 0.416 e. The standard InChI is InChI=1S/C24H18F5N7O3/c1-12(17-9-15(25)11-31-20(17)26)39-23(38)33-21-19(34-35-36(21)2)18-7-6-13(10-30-18)22(37)32-16-5-3-4-14(8-16)24(27,28)29/h3-12H,1-2H3,(H,32,37)(H,33,38)/t12-/m1/s1. The molecule has 2 N–H and O–H groups in total. The number of halogens is 5. The van der Waals surface area contributed by atoms with E-state index >= 15 is 0 Å². The third-order valence-corrected chi connectivity index (χ3v) is 5.32. The molecule has 4 rings (SSSR count). The van der Waals surface area contributed by atoms with Crippen LogP contribution >= 0.6 is 0 Å². The third kappa shape index (κ3) is 6.31. The van der Waals surface area contributed by atoms with Crippen LogP contribution in [0.1, 0.15) is 34.5 Å². The van der Waals surface area contributed by atoms with Crippen LogP contribution in [0.25, 0.3) is 11.4 Å². The largest absolute Gasteiger partial charge is 0.441 e. The molecule has 15 heteroatoms. The maximum absolute atomic E-state index is 13.9. The van der Waals surface area contributed by atoms with E-state index < -0.39 is 41.6 Å². The number of carbonyl (C=O) groups excluding carboxylic acids is 2. The summed E-state index contributed by atoms with van der Waals surface area (Å²) in [6.45, 7) is 1.33. The van der Waals surface area contributed by atoms with Crippen LogP contribution in [0.4, 0.5) is 38.3 Å². The lowest BCUT2D eigenvalue weighted by atomic mass is 10.1. The van der Waals surface area contributed by atoms with Gasteiger partial charge in [0.15, 0.2) is 11.5 Å². The van der Waals surface area contributed by atoms with E-state index in [-0.39, 0.29) is 34.0 Å². The molecule has 0 unspecified atom stereocenters. The minimum Gasteiger partial charge on any atom is -0.441 e. The molecule has 39 heavy (non-hydrogen) atoms. The van der Waals surface area contributed by atoms with Gasteiger partial charge in [0.25, 0.3) is 5.91 Å². The first-order chi connectivity index (χ1) is 18.4. The second kappa shape index (κ2) is 10.8. The fraction of sp³-hybridized carbons (Fsp3) is 0.167. The van der Waals surface area contributed by atoms with Gasteiger partial charge in [-0.2, -0.15) is 17.6 Å². The summed E-state index contributed by atoms with van der Waals surface area (Å²) < 4.78 is 72.4. The number of hydrogen-bond donors (Lipinski definition) is 2. The molecular weight excluding hydrogens is 529 g/mol. The Morgan fingerprint density at radius 2 is 1.79 bits per heavy atom. The van der Waals surface area contributed by atoms with Gasteiger partial charge in [0, 0.05) is 18.9 Å². The van der Waals surface area contributed by atoms with Crippen molar-refractivity contribution in [3.05, 3.63) is 83.3 Å². The Balaban J connectivity index is 1.46. The van der Waals surface area contributed by atoms with Gasteiger partial charge in [-0.25, -0.2) is 18.9 Å². The summed E-state index contributed by atoms with van der Waals surface area (Å²) in [5, 5.41) is 12.5. The van der Waals surface area contributed by atoms with Crippen molar-refractivity contribution in [1.29, 1.82) is 0 Å². The zero-order valence-corrected chi connectivity index (χ0v) is 20.1. The molecule has 0 bridgehead atoms. The third-order valence-electron chi connectivity index (χ3n) is 5.32. The number of benzene rings is 1. The van der Waals surface area contributed by atoms with E-state index in [1.807, 2.05) is 0 Å². The molecule has 202 valence electrons. The first kappa shape index (κ1) is 27.1. The Kier molecular flexibility index (Phi) is 7.51. The highest BCUT2D eigenvalue weighted by molar-refractivity contribution is 6.04. The highest BCUT2D eigenvalue weighted by Crippen LogP contribution is 2.31.